The van der Waals surface area contributed by atoms with E-state index in [1.165, 1.54) is 0 Å². The first-order valence-electron chi connectivity index (χ1n) is 9.76. The third kappa shape index (κ3) is 3.57. The maximum atomic E-state index is 10.1. The monoisotopic (exact) mass is 379 g/mol. The lowest BCUT2D eigenvalue weighted by atomic mass is 9.97. The van der Waals surface area contributed by atoms with Gasteiger partial charge in [-0.2, -0.15) is 5.26 Å². The van der Waals surface area contributed by atoms with Crippen molar-refractivity contribution in [3.05, 3.63) is 60.2 Å². The van der Waals surface area contributed by atoms with Crippen molar-refractivity contribution in [1.82, 2.24) is 4.90 Å². The molecule has 0 radical (unpaired) electrons. The Balaban J connectivity index is 1.68. The van der Waals surface area contributed by atoms with E-state index < -0.39 is 5.72 Å². The average molecular weight is 379 g/mol. The molecule has 2 unspecified atom stereocenters. The van der Waals surface area contributed by atoms with E-state index in [1.807, 2.05) is 54.5 Å². The average Bonchev–Trinajstić information content (AvgIpc) is 3.17. The first-order valence-corrected chi connectivity index (χ1v) is 9.76. The second-order valence-electron chi connectivity index (χ2n) is 6.97. The molecule has 146 valence electrons. The van der Waals surface area contributed by atoms with Crippen LogP contribution in [0, 0.1) is 11.3 Å². The van der Waals surface area contributed by atoms with E-state index in [0.717, 1.165) is 17.0 Å². The summed E-state index contributed by atoms with van der Waals surface area (Å²) >= 11 is 0. The molecular weight excluding hydrogens is 354 g/mol. The van der Waals surface area contributed by atoms with Crippen molar-refractivity contribution in [2.75, 3.05) is 38.0 Å². The van der Waals surface area contributed by atoms with E-state index in [4.69, 9.17) is 14.3 Å². The molecule has 0 aromatic heterocycles. The van der Waals surface area contributed by atoms with Crippen molar-refractivity contribution >= 4 is 5.69 Å². The summed E-state index contributed by atoms with van der Waals surface area (Å²) in [4.78, 5) is 8.48. The van der Waals surface area contributed by atoms with Gasteiger partial charge in [-0.3, -0.25) is 4.90 Å². The lowest BCUT2D eigenvalue weighted by Crippen LogP contribution is -2.53. The molecule has 6 heteroatoms. The van der Waals surface area contributed by atoms with Crippen LogP contribution >= 0.6 is 0 Å². The maximum absolute atomic E-state index is 10.1. The van der Waals surface area contributed by atoms with Crippen LogP contribution in [0.2, 0.25) is 0 Å². The molecule has 0 N–H and O–H groups in total. The second kappa shape index (κ2) is 8.19. The molecule has 0 saturated carbocycles. The Morgan fingerprint density at radius 2 is 1.82 bits per heavy atom. The van der Waals surface area contributed by atoms with Crippen LogP contribution in [0.3, 0.4) is 0 Å². The van der Waals surface area contributed by atoms with Gasteiger partial charge in [0.1, 0.15) is 11.8 Å². The van der Waals surface area contributed by atoms with E-state index in [0.29, 0.717) is 39.3 Å². The number of morpholine rings is 1. The predicted octanol–water partition coefficient (Wildman–Crippen LogP) is 3.52. The highest BCUT2D eigenvalue weighted by molar-refractivity contribution is 5.48. The van der Waals surface area contributed by atoms with Gasteiger partial charge in [0.15, 0.2) is 0 Å². The van der Waals surface area contributed by atoms with E-state index in [-0.39, 0.29) is 6.04 Å². The Labute approximate surface area is 165 Å². The first-order chi connectivity index (χ1) is 13.8. The van der Waals surface area contributed by atoms with Gasteiger partial charge in [0.05, 0.1) is 31.5 Å². The van der Waals surface area contributed by atoms with Gasteiger partial charge in [-0.05, 0) is 36.8 Å². The van der Waals surface area contributed by atoms with Gasteiger partial charge < -0.3 is 9.47 Å². The zero-order chi connectivity index (χ0) is 19.4. The van der Waals surface area contributed by atoms with Gasteiger partial charge in [-0.1, -0.05) is 30.3 Å². The van der Waals surface area contributed by atoms with Crippen LogP contribution < -0.4 is 9.80 Å². The Kier molecular flexibility index (Phi) is 5.49. The fourth-order valence-corrected chi connectivity index (χ4v) is 3.87. The minimum absolute atomic E-state index is 0.0689. The molecule has 2 aromatic rings. The Bertz CT molecular complexity index is 815. The number of rotatable bonds is 5. The van der Waals surface area contributed by atoms with Crippen LogP contribution in [0.1, 0.15) is 24.9 Å². The van der Waals surface area contributed by atoms with E-state index in [2.05, 4.69) is 23.1 Å². The molecule has 6 nitrogen and oxygen atoms in total. The van der Waals surface area contributed by atoms with Gasteiger partial charge >= 0.3 is 0 Å². The molecule has 2 saturated heterocycles. The number of para-hydroxylation sites is 1. The molecule has 0 amide bonds. The summed E-state index contributed by atoms with van der Waals surface area (Å²) in [6.45, 7) is 5.21. The van der Waals surface area contributed by atoms with Gasteiger partial charge in [-0.25, -0.2) is 9.90 Å². The SMILES string of the molecule is CCOc1ccc(C2CC(C#N)(N3CCOCC3)ON2c2ccccc2)cc1. The first kappa shape index (κ1) is 18.8. The molecule has 0 spiro atoms. The Hall–Kier alpha value is -2.59. The van der Waals surface area contributed by atoms with Crippen LogP contribution in [-0.2, 0) is 9.57 Å². The van der Waals surface area contributed by atoms with Crippen LogP contribution in [0.15, 0.2) is 54.6 Å². The molecule has 4 rings (SSSR count). The van der Waals surface area contributed by atoms with Crippen LogP contribution in [-0.4, -0.2) is 43.5 Å². The highest BCUT2D eigenvalue weighted by Gasteiger charge is 2.51. The topological polar surface area (TPSA) is 58.0 Å². The molecule has 2 aliphatic heterocycles. The quantitative estimate of drug-likeness (QED) is 0.792. The highest BCUT2D eigenvalue weighted by atomic mass is 16.7. The zero-order valence-electron chi connectivity index (χ0n) is 16.1. The lowest BCUT2D eigenvalue weighted by molar-refractivity contribution is -0.122. The number of hydroxylamine groups is 1. The van der Waals surface area contributed by atoms with Crippen molar-refractivity contribution in [3.63, 3.8) is 0 Å². The number of hydrogen-bond donors (Lipinski definition) is 0. The van der Waals surface area contributed by atoms with Crippen molar-refractivity contribution in [2.45, 2.75) is 25.1 Å². The van der Waals surface area contributed by atoms with Gasteiger partial charge in [-0.15, -0.1) is 0 Å². The zero-order valence-corrected chi connectivity index (χ0v) is 16.1. The summed E-state index contributed by atoms with van der Waals surface area (Å²) in [5.41, 5.74) is 1.03. The molecular formula is C22H25N3O3. The fourth-order valence-electron chi connectivity index (χ4n) is 3.87. The summed E-state index contributed by atoms with van der Waals surface area (Å²) in [5, 5.41) is 12.0. The number of benzene rings is 2. The molecule has 2 atom stereocenters. The lowest BCUT2D eigenvalue weighted by Gasteiger charge is -2.36. The number of anilines is 1. The minimum atomic E-state index is -0.997. The van der Waals surface area contributed by atoms with Gasteiger partial charge in [0, 0.05) is 19.5 Å². The predicted molar refractivity (Wildman–Crippen MR) is 106 cm³/mol. The molecule has 0 bridgehead atoms. The standard InChI is InChI=1S/C22H25N3O3/c1-2-27-20-10-8-18(9-11-20)21-16-22(17-23,24-12-14-26-15-13-24)28-25(21)19-6-4-3-5-7-19/h3-11,21H,2,12-16H2,1H3. The minimum Gasteiger partial charge on any atom is -0.494 e. The summed E-state index contributed by atoms with van der Waals surface area (Å²) in [6, 6.07) is 20.4. The van der Waals surface area contributed by atoms with Gasteiger partial charge in [0.2, 0.25) is 5.72 Å². The van der Waals surface area contributed by atoms with Crippen LogP contribution in [0.4, 0.5) is 5.69 Å². The molecule has 2 fully saturated rings. The number of nitriles is 1. The highest BCUT2D eigenvalue weighted by Crippen LogP contribution is 2.45. The van der Waals surface area contributed by atoms with Gasteiger partial charge in [0.25, 0.3) is 0 Å². The van der Waals surface area contributed by atoms with Crippen molar-refractivity contribution in [3.8, 4) is 11.8 Å². The number of hydrogen-bond acceptors (Lipinski definition) is 6. The molecule has 2 aliphatic rings. The summed E-state index contributed by atoms with van der Waals surface area (Å²) in [7, 11) is 0. The molecule has 28 heavy (non-hydrogen) atoms. The normalized spacial score (nSPS) is 25.4. The summed E-state index contributed by atoms with van der Waals surface area (Å²) < 4.78 is 11.0. The van der Waals surface area contributed by atoms with E-state index in [9.17, 15) is 5.26 Å². The van der Waals surface area contributed by atoms with Crippen molar-refractivity contribution < 1.29 is 14.3 Å². The maximum Gasteiger partial charge on any atom is 0.238 e. The van der Waals surface area contributed by atoms with Crippen molar-refractivity contribution in [1.29, 1.82) is 5.26 Å². The smallest absolute Gasteiger partial charge is 0.238 e. The fraction of sp³-hybridized carbons (Fsp3) is 0.409. The summed E-state index contributed by atoms with van der Waals surface area (Å²) in [6.07, 6.45) is 0.562. The molecule has 0 aliphatic carbocycles. The third-order valence-electron chi connectivity index (χ3n) is 5.29. The largest absolute Gasteiger partial charge is 0.494 e. The molecule has 2 aromatic carbocycles. The summed E-state index contributed by atoms with van der Waals surface area (Å²) in [5.74, 6) is 0.844. The van der Waals surface area contributed by atoms with Crippen molar-refractivity contribution in [2.24, 2.45) is 0 Å². The third-order valence-corrected chi connectivity index (χ3v) is 5.29. The number of ether oxygens (including phenoxy) is 2. The van der Waals surface area contributed by atoms with Crippen LogP contribution in [0.25, 0.3) is 0 Å². The second-order valence-corrected chi connectivity index (χ2v) is 6.97. The Morgan fingerprint density at radius 3 is 2.46 bits per heavy atom. The number of nitrogens with zero attached hydrogens (tertiary/aromatic N) is 3. The van der Waals surface area contributed by atoms with Crippen LogP contribution in [0.5, 0.6) is 5.75 Å². The van der Waals surface area contributed by atoms with E-state index >= 15 is 0 Å². The Morgan fingerprint density at radius 1 is 1.11 bits per heavy atom. The van der Waals surface area contributed by atoms with E-state index in [1.54, 1.807) is 0 Å². The molecule has 2 heterocycles.